The Hall–Kier alpha value is -1.37. The molecule has 24 heavy (non-hydrogen) atoms. The summed E-state index contributed by atoms with van der Waals surface area (Å²) in [5.41, 5.74) is 5.84. The Morgan fingerprint density at radius 2 is 1.92 bits per heavy atom. The number of nitrogens with two attached hydrogens (primary N) is 1. The summed E-state index contributed by atoms with van der Waals surface area (Å²) in [4.78, 5) is 16.2. The highest BCUT2D eigenvalue weighted by atomic mass is 16.3. The molecule has 0 radical (unpaired) electrons. The first-order valence-corrected chi connectivity index (χ1v) is 9.13. The monoisotopic (exact) mass is 334 g/mol. The molecule has 0 aromatic rings. The van der Waals surface area contributed by atoms with E-state index >= 15 is 0 Å². The molecule has 1 saturated carbocycles. The van der Waals surface area contributed by atoms with Crippen molar-refractivity contribution in [1.82, 2.24) is 15.1 Å². The van der Waals surface area contributed by atoms with E-state index in [2.05, 4.69) is 22.2 Å². The Morgan fingerprint density at radius 3 is 2.54 bits per heavy atom. The molecule has 1 unspecified atom stereocenters. The molecule has 134 valence electrons. The maximum absolute atomic E-state index is 11.8. The maximum Gasteiger partial charge on any atom is 0.250 e. The van der Waals surface area contributed by atoms with E-state index in [0.29, 0.717) is 18.0 Å². The Morgan fingerprint density at radius 1 is 1.25 bits per heavy atom. The third-order valence-electron chi connectivity index (χ3n) is 5.58. The number of piperazine rings is 1. The minimum atomic E-state index is -1.03. The number of nitrogens with one attached hydrogen (secondary N) is 1. The Balaban J connectivity index is 1.75. The Labute approximate surface area is 144 Å². The fourth-order valence-corrected chi connectivity index (χ4v) is 4.00. The van der Waals surface area contributed by atoms with Crippen LogP contribution in [0.25, 0.3) is 0 Å². The van der Waals surface area contributed by atoms with Crippen molar-refractivity contribution < 1.29 is 9.90 Å². The van der Waals surface area contributed by atoms with Crippen molar-refractivity contribution in [3.05, 3.63) is 23.4 Å². The predicted molar refractivity (Wildman–Crippen MR) is 94.0 cm³/mol. The summed E-state index contributed by atoms with van der Waals surface area (Å²) < 4.78 is 0. The molecular formula is C18H30N4O2. The number of amides is 1. The first-order valence-electron chi connectivity index (χ1n) is 9.13. The van der Waals surface area contributed by atoms with Crippen LogP contribution in [0.3, 0.4) is 0 Å². The Bertz CT molecular complexity index is 531. The van der Waals surface area contributed by atoms with Gasteiger partial charge in [0.05, 0.1) is 5.57 Å². The summed E-state index contributed by atoms with van der Waals surface area (Å²) in [6.07, 6.45) is 9.80. The number of aliphatic hydroxyl groups is 1. The number of primary amides is 1. The number of carbonyl (C=O) groups is 1. The average Bonchev–Trinajstić information content (AvgIpc) is 2.56. The zero-order chi connectivity index (χ0) is 17.2. The average molecular weight is 334 g/mol. The van der Waals surface area contributed by atoms with Crippen LogP contribution < -0.4 is 11.1 Å². The highest BCUT2D eigenvalue weighted by Gasteiger charge is 2.38. The SMILES string of the molecule is CN1CCN(C2(O)C=CC(C(N)=O)=C(NC3CCCCC3)C2)CC1. The van der Waals surface area contributed by atoms with E-state index in [9.17, 15) is 9.90 Å². The topological polar surface area (TPSA) is 81.8 Å². The summed E-state index contributed by atoms with van der Waals surface area (Å²) in [5, 5.41) is 14.7. The van der Waals surface area contributed by atoms with Gasteiger partial charge in [-0.2, -0.15) is 0 Å². The summed E-state index contributed by atoms with van der Waals surface area (Å²) in [7, 11) is 2.10. The summed E-state index contributed by atoms with van der Waals surface area (Å²) in [6.45, 7) is 3.52. The lowest BCUT2D eigenvalue weighted by molar-refractivity contribution is -0.114. The molecule has 2 aliphatic carbocycles. The second kappa shape index (κ2) is 7.25. The molecule has 1 heterocycles. The lowest BCUT2D eigenvalue weighted by Gasteiger charge is -2.44. The van der Waals surface area contributed by atoms with Gasteiger partial charge in [-0.05, 0) is 32.0 Å². The van der Waals surface area contributed by atoms with Gasteiger partial charge in [0, 0.05) is 44.3 Å². The summed E-state index contributed by atoms with van der Waals surface area (Å²) >= 11 is 0. The van der Waals surface area contributed by atoms with Crippen molar-refractivity contribution >= 4 is 5.91 Å². The molecule has 1 amide bonds. The highest BCUT2D eigenvalue weighted by Crippen LogP contribution is 2.31. The number of likely N-dealkylation sites (N-methyl/N-ethyl adjacent to an activating group) is 1. The van der Waals surface area contributed by atoms with Gasteiger partial charge in [0.15, 0.2) is 0 Å². The number of nitrogens with zero attached hydrogens (tertiary/aromatic N) is 2. The molecule has 3 rings (SSSR count). The van der Waals surface area contributed by atoms with E-state index < -0.39 is 11.6 Å². The van der Waals surface area contributed by atoms with Crippen molar-refractivity contribution in [2.24, 2.45) is 5.73 Å². The van der Waals surface area contributed by atoms with Crippen LogP contribution in [0.5, 0.6) is 0 Å². The number of hydrogen-bond acceptors (Lipinski definition) is 5. The number of carbonyl (C=O) groups excluding carboxylic acids is 1. The molecular weight excluding hydrogens is 304 g/mol. The van der Waals surface area contributed by atoms with Gasteiger partial charge in [-0.3, -0.25) is 9.69 Å². The fourth-order valence-electron chi connectivity index (χ4n) is 4.00. The van der Waals surface area contributed by atoms with E-state index in [1.165, 1.54) is 19.3 Å². The van der Waals surface area contributed by atoms with Gasteiger partial charge in [0.2, 0.25) is 5.91 Å². The lowest BCUT2D eigenvalue weighted by atomic mass is 9.90. The van der Waals surface area contributed by atoms with Crippen molar-refractivity contribution in [2.75, 3.05) is 33.2 Å². The van der Waals surface area contributed by atoms with Crippen molar-refractivity contribution in [3.63, 3.8) is 0 Å². The molecule has 1 saturated heterocycles. The minimum Gasteiger partial charge on any atom is -0.385 e. The van der Waals surface area contributed by atoms with Gasteiger partial charge in [-0.25, -0.2) is 0 Å². The van der Waals surface area contributed by atoms with Gasteiger partial charge in [0.25, 0.3) is 0 Å². The second-order valence-electron chi connectivity index (χ2n) is 7.41. The van der Waals surface area contributed by atoms with Gasteiger partial charge in [-0.15, -0.1) is 0 Å². The first-order chi connectivity index (χ1) is 11.5. The van der Waals surface area contributed by atoms with Crippen LogP contribution in [-0.4, -0.2) is 65.8 Å². The molecule has 6 nitrogen and oxygen atoms in total. The molecule has 0 bridgehead atoms. The lowest BCUT2D eigenvalue weighted by Crippen LogP contribution is -2.57. The summed E-state index contributed by atoms with van der Waals surface area (Å²) in [5.74, 6) is -0.426. The van der Waals surface area contributed by atoms with Crippen molar-refractivity contribution in [3.8, 4) is 0 Å². The van der Waals surface area contributed by atoms with Gasteiger partial charge < -0.3 is 21.1 Å². The zero-order valence-corrected chi connectivity index (χ0v) is 14.6. The molecule has 0 aromatic carbocycles. The van der Waals surface area contributed by atoms with E-state index in [1.54, 1.807) is 12.2 Å². The molecule has 2 fully saturated rings. The standard InChI is InChI=1S/C18H30N4O2/c1-21-9-11-22(12-10-21)18(24)8-7-15(17(19)23)16(13-18)20-14-5-3-2-4-6-14/h7-8,14,20,24H,2-6,9-13H2,1H3,(H2,19,23). The van der Waals surface area contributed by atoms with E-state index in [1.807, 2.05) is 0 Å². The molecule has 3 aliphatic rings. The smallest absolute Gasteiger partial charge is 0.250 e. The Kier molecular flexibility index (Phi) is 5.27. The molecule has 1 atom stereocenters. The van der Waals surface area contributed by atoms with Crippen LogP contribution >= 0.6 is 0 Å². The number of hydrogen-bond donors (Lipinski definition) is 3. The quantitative estimate of drug-likeness (QED) is 0.699. The molecule has 0 aromatic heterocycles. The maximum atomic E-state index is 11.8. The van der Waals surface area contributed by atoms with Crippen LogP contribution in [0, 0.1) is 0 Å². The third kappa shape index (κ3) is 3.82. The van der Waals surface area contributed by atoms with Crippen LogP contribution in [0.4, 0.5) is 0 Å². The molecule has 0 spiro atoms. The first kappa shape index (κ1) is 17.5. The summed E-state index contributed by atoms with van der Waals surface area (Å²) in [6, 6.07) is 0.381. The fraction of sp³-hybridized carbons (Fsp3) is 0.722. The van der Waals surface area contributed by atoms with Crippen LogP contribution in [-0.2, 0) is 4.79 Å². The van der Waals surface area contributed by atoms with E-state index in [-0.39, 0.29) is 0 Å². The van der Waals surface area contributed by atoms with Crippen LogP contribution in [0.15, 0.2) is 23.4 Å². The zero-order valence-electron chi connectivity index (χ0n) is 14.6. The minimum absolute atomic E-state index is 0.381. The van der Waals surface area contributed by atoms with Gasteiger partial charge in [0.1, 0.15) is 5.72 Å². The second-order valence-corrected chi connectivity index (χ2v) is 7.41. The van der Waals surface area contributed by atoms with Crippen molar-refractivity contribution in [2.45, 2.75) is 50.3 Å². The van der Waals surface area contributed by atoms with Gasteiger partial charge in [-0.1, -0.05) is 19.3 Å². The molecule has 4 N–H and O–H groups in total. The highest BCUT2D eigenvalue weighted by molar-refractivity contribution is 5.96. The molecule has 1 aliphatic heterocycles. The third-order valence-corrected chi connectivity index (χ3v) is 5.58. The van der Waals surface area contributed by atoms with Crippen LogP contribution in [0.2, 0.25) is 0 Å². The number of rotatable bonds is 4. The van der Waals surface area contributed by atoms with Gasteiger partial charge >= 0.3 is 0 Å². The normalized spacial score (nSPS) is 30.6. The molecule has 6 heteroatoms. The van der Waals surface area contributed by atoms with E-state index in [0.717, 1.165) is 44.7 Å². The van der Waals surface area contributed by atoms with Crippen LogP contribution in [0.1, 0.15) is 38.5 Å². The predicted octanol–water partition coefficient (Wildman–Crippen LogP) is 0.544. The van der Waals surface area contributed by atoms with Crippen molar-refractivity contribution in [1.29, 1.82) is 0 Å². The van der Waals surface area contributed by atoms with E-state index in [4.69, 9.17) is 5.73 Å². The largest absolute Gasteiger partial charge is 0.385 e.